The Kier molecular flexibility index (Phi) is 7.28. The summed E-state index contributed by atoms with van der Waals surface area (Å²) >= 11 is 2.58. The summed E-state index contributed by atoms with van der Waals surface area (Å²) in [6, 6.07) is 10.2. The third kappa shape index (κ3) is 5.13. The Hall–Kier alpha value is -3.24. The molecule has 0 atom stereocenters. The average molecular weight is 497 g/mol. The van der Waals surface area contributed by atoms with Crippen LogP contribution in [0, 0.1) is 5.92 Å². The van der Waals surface area contributed by atoms with Gasteiger partial charge in [-0.15, -0.1) is 11.3 Å². The Morgan fingerprint density at radius 3 is 2.68 bits per heavy atom. The van der Waals surface area contributed by atoms with Gasteiger partial charge in [-0.05, 0) is 48.7 Å². The third-order valence-corrected chi connectivity index (χ3v) is 7.24. The molecule has 176 valence electrons. The molecule has 10 heteroatoms. The third-order valence-electron chi connectivity index (χ3n) is 5.17. The predicted molar refractivity (Wildman–Crippen MR) is 136 cm³/mol. The second kappa shape index (κ2) is 10.4. The van der Waals surface area contributed by atoms with Gasteiger partial charge in [-0.25, -0.2) is 14.8 Å². The number of thioether (sulfide) groups is 1. The summed E-state index contributed by atoms with van der Waals surface area (Å²) < 4.78 is 6.93. The summed E-state index contributed by atoms with van der Waals surface area (Å²) in [4.78, 5) is 47.4. The molecule has 0 fully saturated rings. The number of thiophene rings is 1. The van der Waals surface area contributed by atoms with Crippen LogP contribution >= 0.6 is 23.1 Å². The molecule has 8 nitrogen and oxygen atoms in total. The van der Waals surface area contributed by atoms with Crippen molar-refractivity contribution in [2.75, 3.05) is 18.2 Å². The standard InChI is InChI=1S/C24H24N4O4S2/c1-14(2)10-12-28-22(30)20-19(17-5-4-11-25-21(17)34-20)27-24(28)33-13-18(29)26-16-8-6-15(7-9-16)23(31)32-3/h4-9,11,14H,10,12-13H2,1-3H3,(H,26,29). The minimum Gasteiger partial charge on any atom is -0.465 e. The number of carbonyl (C=O) groups excluding carboxylic acids is 2. The lowest BCUT2D eigenvalue weighted by Gasteiger charge is -2.13. The summed E-state index contributed by atoms with van der Waals surface area (Å²) in [6.45, 7) is 4.73. The second-order valence-corrected chi connectivity index (χ2v) is 10.0. The molecule has 0 aliphatic carbocycles. The number of hydrogen-bond donors (Lipinski definition) is 1. The summed E-state index contributed by atoms with van der Waals surface area (Å²) in [5.74, 6) is -0.178. The van der Waals surface area contributed by atoms with Crippen molar-refractivity contribution < 1.29 is 14.3 Å². The smallest absolute Gasteiger partial charge is 0.337 e. The number of nitrogens with zero attached hydrogens (tertiary/aromatic N) is 3. The Bertz CT molecular complexity index is 1410. The average Bonchev–Trinajstić information content (AvgIpc) is 3.21. The lowest BCUT2D eigenvalue weighted by Crippen LogP contribution is -2.24. The van der Waals surface area contributed by atoms with Crippen LogP contribution in [0.15, 0.2) is 52.5 Å². The molecule has 3 aromatic heterocycles. The van der Waals surface area contributed by atoms with E-state index in [1.165, 1.54) is 30.2 Å². The van der Waals surface area contributed by atoms with Crippen molar-refractivity contribution in [1.82, 2.24) is 14.5 Å². The van der Waals surface area contributed by atoms with Crippen LogP contribution in [0.5, 0.6) is 0 Å². The van der Waals surface area contributed by atoms with Crippen molar-refractivity contribution in [2.24, 2.45) is 5.92 Å². The van der Waals surface area contributed by atoms with E-state index in [9.17, 15) is 14.4 Å². The number of rotatable bonds is 8. The van der Waals surface area contributed by atoms with E-state index < -0.39 is 5.97 Å². The zero-order valence-corrected chi connectivity index (χ0v) is 20.7. The highest BCUT2D eigenvalue weighted by Crippen LogP contribution is 2.30. The zero-order chi connectivity index (χ0) is 24.2. The van der Waals surface area contributed by atoms with Gasteiger partial charge in [-0.2, -0.15) is 0 Å². The van der Waals surface area contributed by atoms with Crippen LogP contribution in [-0.2, 0) is 16.1 Å². The van der Waals surface area contributed by atoms with E-state index in [0.29, 0.717) is 39.1 Å². The van der Waals surface area contributed by atoms with Gasteiger partial charge < -0.3 is 10.1 Å². The van der Waals surface area contributed by atoms with Crippen molar-refractivity contribution in [3.05, 3.63) is 58.5 Å². The maximum absolute atomic E-state index is 13.3. The van der Waals surface area contributed by atoms with Crippen molar-refractivity contribution >= 4 is 61.1 Å². The van der Waals surface area contributed by atoms with Crippen LogP contribution in [0.1, 0.15) is 30.6 Å². The molecule has 0 saturated carbocycles. The monoisotopic (exact) mass is 496 g/mol. The second-order valence-electron chi connectivity index (χ2n) is 8.08. The summed E-state index contributed by atoms with van der Waals surface area (Å²) in [6.07, 6.45) is 2.52. The minimum atomic E-state index is -0.439. The number of nitrogens with one attached hydrogen (secondary N) is 1. The molecule has 1 N–H and O–H groups in total. The fraction of sp³-hybridized carbons (Fsp3) is 0.292. The number of fused-ring (bicyclic) bond motifs is 3. The van der Waals surface area contributed by atoms with Gasteiger partial charge >= 0.3 is 5.97 Å². The van der Waals surface area contributed by atoms with Crippen LogP contribution in [0.3, 0.4) is 0 Å². The van der Waals surface area contributed by atoms with Crippen molar-refractivity contribution in [1.29, 1.82) is 0 Å². The van der Waals surface area contributed by atoms with E-state index >= 15 is 0 Å². The van der Waals surface area contributed by atoms with Gasteiger partial charge in [-0.3, -0.25) is 14.2 Å². The number of ether oxygens (including phenoxy) is 1. The number of esters is 1. The van der Waals surface area contributed by atoms with Gasteiger partial charge in [0.2, 0.25) is 5.91 Å². The van der Waals surface area contributed by atoms with E-state index in [-0.39, 0.29) is 17.2 Å². The highest BCUT2D eigenvalue weighted by Gasteiger charge is 2.18. The molecular formula is C24H24N4O4S2. The molecular weight excluding hydrogens is 472 g/mol. The first-order chi connectivity index (χ1) is 16.4. The number of anilines is 1. The van der Waals surface area contributed by atoms with Crippen LogP contribution in [-0.4, -0.2) is 39.3 Å². The fourth-order valence-corrected chi connectivity index (χ4v) is 5.22. The maximum Gasteiger partial charge on any atom is 0.337 e. The van der Waals surface area contributed by atoms with E-state index in [4.69, 9.17) is 4.98 Å². The van der Waals surface area contributed by atoms with E-state index in [2.05, 4.69) is 28.9 Å². The summed E-state index contributed by atoms with van der Waals surface area (Å²) in [5, 5.41) is 4.16. The number of amides is 1. The SMILES string of the molecule is COC(=O)c1ccc(NC(=O)CSc2nc3c(sc4ncccc43)c(=O)n2CCC(C)C)cc1. The Morgan fingerprint density at radius 2 is 1.97 bits per heavy atom. The number of carbonyl (C=O) groups is 2. The number of aromatic nitrogens is 3. The van der Waals surface area contributed by atoms with E-state index in [0.717, 1.165) is 16.6 Å². The normalized spacial score (nSPS) is 11.3. The molecule has 0 radical (unpaired) electrons. The van der Waals surface area contributed by atoms with Gasteiger partial charge in [0.1, 0.15) is 9.53 Å². The largest absolute Gasteiger partial charge is 0.465 e. The minimum absolute atomic E-state index is 0.0820. The molecule has 0 bridgehead atoms. The maximum atomic E-state index is 13.3. The lowest BCUT2D eigenvalue weighted by atomic mass is 10.1. The Morgan fingerprint density at radius 1 is 1.21 bits per heavy atom. The van der Waals surface area contributed by atoms with Crippen molar-refractivity contribution in [3.8, 4) is 0 Å². The van der Waals surface area contributed by atoms with Crippen LogP contribution in [0.2, 0.25) is 0 Å². The van der Waals surface area contributed by atoms with Crippen molar-refractivity contribution in [2.45, 2.75) is 32.0 Å². The topological polar surface area (TPSA) is 103 Å². The molecule has 34 heavy (non-hydrogen) atoms. The van der Waals surface area contributed by atoms with Gasteiger partial charge in [0.05, 0.1) is 23.9 Å². The Balaban J connectivity index is 1.57. The Labute approximate surface area is 204 Å². The predicted octanol–water partition coefficient (Wildman–Crippen LogP) is 4.57. The first-order valence-electron chi connectivity index (χ1n) is 10.8. The van der Waals surface area contributed by atoms with Gasteiger partial charge in [0.15, 0.2) is 5.16 Å². The van der Waals surface area contributed by atoms with Crippen LogP contribution in [0.4, 0.5) is 5.69 Å². The summed E-state index contributed by atoms with van der Waals surface area (Å²) in [7, 11) is 1.32. The van der Waals surface area contributed by atoms with E-state index in [1.54, 1.807) is 35.0 Å². The fourth-order valence-electron chi connectivity index (χ4n) is 3.37. The molecule has 0 aliphatic heterocycles. The van der Waals surface area contributed by atoms with Gasteiger partial charge in [0, 0.05) is 23.8 Å². The summed E-state index contributed by atoms with van der Waals surface area (Å²) in [5.41, 5.74) is 1.49. The quantitative estimate of drug-likeness (QED) is 0.216. The molecule has 4 aromatic rings. The molecule has 1 amide bonds. The molecule has 1 aromatic carbocycles. The number of benzene rings is 1. The number of pyridine rings is 1. The highest BCUT2D eigenvalue weighted by atomic mass is 32.2. The number of methoxy groups -OCH3 is 1. The molecule has 0 saturated heterocycles. The number of hydrogen-bond acceptors (Lipinski definition) is 8. The zero-order valence-electron chi connectivity index (χ0n) is 19.0. The molecule has 0 aliphatic rings. The van der Waals surface area contributed by atoms with Crippen molar-refractivity contribution in [3.63, 3.8) is 0 Å². The van der Waals surface area contributed by atoms with Gasteiger partial charge in [-0.1, -0.05) is 25.6 Å². The van der Waals surface area contributed by atoms with E-state index in [1.807, 2.05) is 12.1 Å². The van der Waals surface area contributed by atoms with Crippen LogP contribution < -0.4 is 10.9 Å². The first-order valence-corrected chi connectivity index (χ1v) is 12.6. The molecule has 3 heterocycles. The highest BCUT2D eigenvalue weighted by molar-refractivity contribution is 7.99. The van der Waals surface area contributed by atoms with Crippen LogP contribution in [0.25, 0.3) is 20.4 Å². The first kappa shape index (κ1) is 23.9. The molecule has 0 spiro atoms. The lowest BCUT2D eigenvalue weighted by molar-refractivity contribution is -0.113. The molecule has 0 unspecified atom stereocenters. The van der Waals surface area contributed by atoms with Gasteiger partial charge in [0.25, 0.3) is 5.56 Å². The molecule has 4 rings (SSSR count).